The van der Waals surface area contributed by atoms with Crippen molar-refractivity contribution in [1.29, 1.82) is 0 Å². The fourth-order valence-electron chi connectivity index (χ4n) is 2.98. The van der Waals surface area contributed by atoms with Gasteiger partial charge in [0.15, 0.2) is 0 Å². The first-order valence-corrected chi connectivity index (χ1v) is 8.60. The van der Waals surface area contributed by atoms with Gasteiger partial charge in [0.2, 0.25) is 0 Å². The molecule has 3 aromatic rings. The molecular weight excluding hydrogens is 308 g/mol. The topological polar surface area (TPSA) is 41.1 Å². The summed E-state index contributed by atoms with van der Waals surface area (Å²) in [5.74, 6) is 0. The first kappa shape index (κ1) is 17.0. The molecule has 3 aromatic carbocycles. The third-order valence-corrected chi connectivity index (χ3v) is 4.57. The average Bonchev–Trinajstić information content (AvgIpc) is 2.65. The predicted molar refractivity (Wildman–Crippen MR) is 104 cm³/mol. The van der Waals surface area contributed by atoms with Crippen molar-refractivity contribution >= 4 is 16.8 Å². The summed E-state index contributed by atoms with van der Waals surface area (Å²) in [5, 5.41) is 8.32. The van der Waals surface area contributed by atoms with Crippen molar-refractivity contribution < 1.29 is 4.79 Å². The summed E-state index contributed by atoms with van der Waals surface area (Å²) in [6.07, 6.45) is 0. The van der Waals surface area contributed by atoms with E-state index < -0.39 is 0 Å². The van der Waals surface area contributed by atoms with Crippen LogP contribution in [0.4, 0.5) is 4.79 Å². The molecule has 0 fully saturated rings. The Morgan fingerprint density at radius 2 is 1.52 bits per heavy atom. The number of urea groups is 1. The summed E-state index contributed by atoms with van der Waals surface area (Å²) in [6, 6.07) is 24.5. The molecule has 0 saturated heterocycles. The molecule has 0 radical (unpaired) electrons. The van der Waals surface area contributed by atoms with Gasteiger partial charge in [-0.3, -0.25) is 0 Å². The second kappa shape index (κ2) is 7.39. The third kappa shape index (κ3) is 4.18. The van der Waals surface area contributed by atoms with Crippen LogP contribution in [0.3, 0.4) is 0 Å². The fourth-order valence-corrected chi connectivity index (χ4v) is 2.98. The number of rotatable bonds is 5. The number of amides is 2. The maximum absolute atomic E-state index is 12.2. The molecule has 3 heteroatoms. The van der Waals surface area contributed by atoms with Crippen molar-refractivity contribution in [3.05, 3.63) is 83.9 Å². The van der Waals surface area contributed by atoms with Gasteiger partial charge < -0.3 is 10.6 Å². The molecule has 3 nitrogen and oxygen atoms in total. The molecule has 0 heterocycles. The largest absolute Gasteiger partial charge is 0.337 e. The third-order valence-electron chi connectivity index (χ3n) is 4.57. The molecule has 0 bridgehead atoms. The van der Waals surface area contributed by atoms with Crippen LogP contribution in [0.25, 0.3) is 10.8 Å². The lowest BCUT2D eigenvalue weighted by Gasteiger charge is -2.25. The summed E-state index contributed by atoms with van der Waals surface area (Å²) >= 11 is 0. The van der Waals surface area contributed by atoms with E-state index in [1.807, 2.05) is 36.4 Å². The molecule has 0 spiro atoms. The standard InChI is InChI=1S/C22H24N2O/c1-22(2,19-12-4-3-5-13-19)16-24-21(25)23-15-18-11-8-10-17-9-6-7-14-20(17)18/h3-14H,15-16H2,1-2H3,(H2,23,24,25). The van der Waals surface area contributed by atoms with Crippen LogP contribution in [0.2, 0.25) is 0 Å². The Hall–Kier alpha value is -2.81. The highest BCUT2D eigenvalue weighted by Crippen LogP contribution is 2.21. The molecule has 0 aliphatic rings. The van der Waals surface area contributed by atoms with Crippen molar-refractivity contribution in [3.63, 3.8) is 0 Å². The van der Waals surface area contributed by atoms with Crippen LogP contribution in [0, 0.1) is 0 Å². The van der Waals surface area contributed by atoms with E-state index in [4.69, 9.17) is 0 Å². The van der Waals surface area contributed by atoms with E-state index >= 15 is 0 Å². The SMILES string of the molecule is CC(C)(CNC(=O)NCc1cccc2ccccc12)c1ccccc1. The molecule has 0 aliphatic heterocycles. The molecule has 3 rings (SSSR count). The summed E-state index contributed by atoms with van der Waals surface area (Å²) in [5.41, 5.74) is 2.22. The maximum Gasteiger partial charge on any atom is 0.315 e. The first-order valence-electron chi connectivity index (χ1n) is 8.60. The first-order chi connectivity index (χ1) is 12.1. The van der Waals surface area contributed by atoms with Gasteiger partial charge >= 0.3 is 6.03 Å². The number of fused-ring (bicyclic) bond motifs is 1. The number of carbonyl (C=O) groups is 1. The van der Waals surface area contributed by atoms with Gasteiger partial charge in [0.25, 0.3) is 0 Å². The summed E-state index contributed by atoms with van der Waals surface area (Å²) < 4.78 is 0. The zero-order valence-corrected chi connectivity index (χ0v) is 14.8. The Morgan fingerprint density at radius 1 is 0.840 bits per heavy atom. The van der Waals surface area contributed by atoms with E-state index in [0.717, 1.165) is 5.56 Å². The van der Waals surface area contributed by atoms with Gasteiger partial charge in [-0.2, -0.15) is 0 Å². The van der Waals surface area contributed by atoms with Crippen LogP contribution in [0.15, 0.2) is 72.8 Å². The molecule has 2 N–H and O–H groups in total. The van der Waals surface area contributed by atoms with Gasteiger partial charge in [-0.05, 0) is 21.9 Å². The van der Waals surface area contributed by atoms with Crippen LogP contribution < -0.4 is 10.6 Å². The van der Waals surface area contributed by atoms with E-state index in [0.29, 0.717) is 13.1 Å². The van der Waals surface area contributed by atoms with E-state index in [2.05, 4.69) is 60.9 Å². The number of carbonyl (C=O) groups excluding carboxylic acids is 1. The average molecular weight is 332 g/mol. The fraction of sp³-hybridized carbons (Fsp3) is 0.227. The van der Waals surface area contributed by atoms with Crippen molar-refractivity contribution in [3.8, 4) is 0 Å². The van der Waals surface area contributed by atoms with E-state index in [1.54, 1.807) is 0 Å². The van der Waals surface area contributed by atoms with Crippen LogP contribution in [0.5, 0.6) is 0 Å². The lowest BCUT2D eigenvalue weighted by atomic mass is 9.85. The van der Waals surface area contributed by atoms with Gasteiger partial charge in [-0.15, -0.1) is 0 Å². The highest BCUT2D eigenvalue weighted by molar-refractivity contribution is 5.86. The van der Waals surface area contributed by atoms with Crippen LogP contribution in [0.1, 0.15) is 25.0 Å². The van der Waals surface area contributed by atoms with E-state index in [1.165, 1.54) is 16.3 Å². The second-order valence-electron chi connectivity index (χ2n) is 6.92. The molecule has 0 saturated carbocycles. The molecule has 0 aliphatic carbocycles. The highest BCUT2D eigenvalue weighted by Gasteiger charge is 2.20. The zero-order valence-electron chi connectivity index (χ0n) is 14.8. The number of hydrogen-bond acceptors (Lipinski definition) is 1. The zero-order chi connectivity index (χ0) is 17.7. The number of benzene rings is 3. The quantitative estimate of drug-likeness (QED) is 0.703. The minimum absolute atomic E-state index is 0.113. The minimum atomic E-state index is -0.142. The van der Waals surface area contributed by atoms with Gasteiger partial charge in [0, 0.05) is 18.5 Å². The molecule has 2 amide bonds. The number of hydrogen-bond donors (Lipinski definition) is 2. The van der Waals surface area contributed by atoms with E-state index in [-0.39, 0.29) is 11.4 Å². The second-order valence-corrected chi connectivity index (χ2v) is 6.92. The highest BCUT2D eigenvalue weighted by atomic mass is 16.2. The van der Waals surface area contributed by atoms with Gasteiger partial charge in [0.1, 0.15) is 0 Å². The molecule has 0 atom stereocenters. The Morgan fingerprint density at radius 3 is 2.32 bits per heavy atom. The number of nitrogens with one attached hydrogen (secondary N) is 2. The van der Waals surface area contributed by atoms with Crippen molar-refractivity contribution in [1.82, 2.24) is 10.6 Å². The molecule has 0 aromatic heterocycles. The van der Waals surface area contributed by atoms with Crippen LogP contribution >= 0.6 is 0 Å². The lowest BCUT2D eigenvalue weighted by Crippen LogP contribution is -2.42. The van der Waals surface area contributed by atoms with Crippen molar-refractivity contribution in [2.75, 3.05) is 6.54 Å². The van der Waals surface area contributed by atoms with Gasteiger partial charge in [-0.25, -0.2) is 4.79 Å². The van der Waals surface area contributed by atoms with Crippen molar-refractivity contribution in [2.24, 2.45) is 0 Å². The smallest absolute Gasteiger partial charge is 0.315 e. The summed E-state index contributed by atoms with van der Waals surface area (Å²) in [7, 11) is 0. The Bertz CT molecular complexity index is 851. The molecular formula is C22H24N2O. The Balaban J connectivity index is 1.58. The monoisotopic (exact) mass is 332 g/mol. The lowest BCUT2D eigenvalue weighted by molar-refractivity contribution is 0.238. The summed E-state index contributed by atoms with van der Waals surface area (Å²) in [6.45, 7) is 5.36. The molecule has 128 valence electrons. The maximum atomic E-state index is 12.2. The van der Waals surface area contributed by atoms with Crippen LogP contribution in [-0.2, 0) is 12.0 Å². The Kier molecular flexibility index (Phi) is 5.03. The van der Waals surface area contributed by atoms with Gasteiger partial charge in [0.05, 0.1) is 0 Å². The molecule has 0 unspecified atom stereocenters. The van der Waals surface area contributed by atoms with Gasteiger partial charge in [-0.1, -0.05) is 86.6 Å². The minimum Gasteiger partial charge on any atom is -0.337 e. The summed E-state index contributed by atoms with van der Waals surface area (Å²) in [4.78, 5) is 12.2. The van der Waals surface area contributed by atoms with Crippen molar-refractivity contribution in [2.45, 2.75) is 25.8 Å². The Labute approximate surface area is 149 Å². The molecule has 25 heavy (non-hydrogen) atoms. The van der Waals surface area contributed by atoms with E-state index in [9.17, 15) is 4.79 Å². The predicted octanol–water partition coefficient (Wildman–Crippen LogP) is 4.62. The normalized spacial score (nSPS) is 11.3. The van der Waals surface area contributed by atoms with Crippen LogP contribution in [-0.4, -0.2) is 12.6 Å².